The summed E-state index contributed by atoms with van der Waals surface area (Å²) < 4.78 is 0. The molecule has 0 aliphatic heterocycles. The Morgan fingerprint density at radius 1 is 1.71 bits per heavy atom. The van der Waals surface area contributed by atoms with Gasteiger partial charge in [-0.1, -0.05) is 0 Å². The van der Waals surface area contributed by atoms with E-state index in [0.29, 0.717) is 0 Å². The third-order valence-electron chi connectivity index (χ3n) is 1.13. The third kappa shape index (κ3) is 7.90. The fraction of sp³-hybridized carbons (Fsp3) is 0.800. The van der Waals surface area contributed by atoms with E-state index in [9.17, 15) is 14.9 Å². The minimum absolute atomic E-state index is 0. The average molecular weight is 246 g/mol. The molecule has 0 radical (unpaired) electrons. The van der Waals surface area contributed by atoms with Crippen molar-refractivity contribution in [1.82, 2.24) is 5.32 Å². The van der Waals surface area contributed by atoms with Crippen LogP contribution in [-0.2, 0) is 9.63 Å². The van der Waals surface area contributed by atoms with Crippen LogP contribution in [0.1, 0.15) is 0 Å². The van der Waals surface area contributed by atoms with E-state index in [0.717, 1.165) is 0 Å². The van der Waals surface area contributed by atoms with Crippen molar-refractivity contribution in [2.75, 3.05) is 18.9 Å². The predicted octanol–water partition coefficient (Wildman–Crippen LogP) is -1.01. The van der Waals surface area contributed by atoms with Crippen LogP contribution < -0.4 is 11.1 Å². The number of amides is 1. The first-order valence-electron chi connectivity index (χ1n) is 3.49. The summed E-state index contributed by atoms with van der Waals surface area (Å²) in [4.78, 5) is 24.5. The molecule has 0 aliphatic rings. The summed E-state index contributed by atoms with van der Waals surface area (Å²) in [5, 5.41) is 11.1. The summed E-state index contributed by atoms with van der Waals surface area (Å²) in [6, 6.07) is -0.695. The molecule has 0 saturated carbocycles. The molecule has 0 aliphatic carbocycles. The number of carbonyl (C=O) groups excluding carboxylic acids is 1. The van der Waals surface area contributed by atoms with E-state index in [1.807, 2.05) is 0 Å². The molecule has 0 unspecified atom stereocenters. The first-order chi connectivity index (χ1) is 6.07. The molecule has 0 bridgehead atoms. The molecule has 0 aromatic carbocycles. The topological polar surface area (TPSA) is 107 Å². The van der Waals surface area contributed by atoms with Crippen LogP contribution in [0.2, 0.25) is 0 Å². The Hall–Kier alpha value is -0.730. The van der Waals surface area contributed by atoms with Crippen molar-refractivity contribution in [3.63, 3.8) is 0 Å². The lowest BCUT2D eigenvalue weighted by Gasteiger charge is -2.08. The minimum Gasteiger partial charge on any atom is -0.353 e. The lowest BCUT2D eigenvalue weighted by molar-refractivity contribution is -0.757. The van der Waals surface area contributed by atoms with Crippen LogP contribution in [0.25, 0.3) is 0 Å². The van der Waals surface area contributed by atoms with Crippen molar-refractivity contribution in [3.05, 3.63) is 10.1 Å². The lowest BCUT2D eigenvalue weighted by atomic mass is 10.3. The van der Waals surface area contributed by atoms with E-state index < -0.39 is 17.0 Å². The van der Waals surface area contributed by atoms with Gasteiger partial charge in [0.1, 0.15) is 6.61 Å². The number of carbonyl (C=O) groups is 1. The highest BCUT2D eigenvalue weighted by Crippen LogP contribution is 1.82. The highest BCUT2D eigenvalue weighted by Gasteiger charge is 2.09. The predicted molar refractivity (Wildman–Crippen MR) is 55.0 cm³/mol. The molecule has 1 amide bonds. The van der Waals surface area contributed by atoms with Crippen molar-refractivity contribution in [2.45, 2.75) is 6.04 Å². The van der Waals surface area contributed by atoms with E-state index in [-0.39, 0.29) is 31.3 Å². The summed E-state index contributed by atoms with van der Waals surface area (Å²) in [5.41, 5.74) is 5.30. The second-order valence-corrected chi connectivity index (χ2v) is 2.50. The molecule has 84 valence electrons. The highest BCUT2D eigenvalue weighted by molar-refractivity contribution is 7.80. The summed E-state index contributed by atoms with van der Waals surface area (Å²) in [6.45, 7) is -0.126. The Bertz CT molecular complexity index is 194. The highest BCUT2D eigenvalue weighted by atomic mass is 35.5. The maximum atomic E-state index is 10.9. The molecular weight excluding hydrogens is 234 g/mol. The van der Waals surface area contributed by atoms with E-state index in [1.54, 1.807) is 0 Å². The Labute approximate surface area is 92.3 Å². The second-order valence-electron chi connectivity index (χ2n) is 2.14. The SMILES string of the molecule is Cl.N[C@@H](CS)C(=O)NCCO[N+](=O)[O-]. The molecule has 14 heavy (non-hydrogen) atoms. The van der Waals surface area contributed by atoms with E-state index in [4.69, 9.17) is 5.73 Å². The largest absolute Gasteiger partial charge is 0.353 e. The Morgan fingerprint density at radius 2 is 2.29 bits per heavy atom. The summed E-state index contributed by atoms with van der Waals surface area (Å²) in [5.74, 6) is -0.177. The van der Waals surface area contributed by atoms with Gasteiger partial charge in [0.05, 0.1) is 6.04 Å². The van der Waals surface area contributed by atoms with Crippen LogP contribution in [0, 0.1) is 10.1 Å². The number of halogens is 1. The average Bonchev–Trinajstić information content (AvgIpc) is 2.10. The molecule has 0 rings (SSSR count). The molecule has 0 saturated heterocycles. The van der Waals surface area contributed by atoms with E-state index >= 15 is 0 Å². The number of hydrogen-bond donors (Lipinski definition) is 3. The van der Waals surface area contributed by atoms with Gasteiger partial charge in [-0.05, 0) is 0 Å². The lowest BCUT2D eigenvalue weighted by Crippen LogP contribution is -2.43. The van der Waals surface area contributed by atoms with Crippen molar-refractivity contribution in [1.29, 1.82) is 0 Å². The van der Waals surface area contributed by atoms with Crippen molar-refractivity contribution >= 4 is 30.9 Å². The summed E-state index contributed by atoms with van der Waals surface area (Å²) in [7, 11) is 0. The van der Waals surface area contributed by atoms with Gasteiger partial charge in [0.25, 0.3) is 5.09 Å². The Kier molecular flexibility index (Phi) is 9.94. The van der Waals surface area contributed by atoms with Gasteiger partial charge in [0, 0.05) is 12.3 Å². The van der Waals surface area contributed by atoms with Gasteiger partial charge in [-0.2, -0.15) is 12.6 Å². The number of hydrogen-bond acceptors (Lipinski definition) is 6. The normalized spacial score (nSPS) is 11.0. The fourth-order valence-electron chi connectivity index (χ4n) is 0.508. The maximum Gasteiger partial charge on any atom is 0.294 e. The minimum atomic E-state index is -0.926. The van der Waals surface area contributed by atoms with Crippen LogP contribution in [-0.4, -0.2) is 35.9 Å². The number of thiol groups is 1. The third-order valence-corrected chi connectivity index (χ3v) is 1.52. The van der Waals surface area contributed by atoms with Gasteiger partial charge >= 0.3 is 0 Å². The molecule has 1 atom stereocenters. The van der Waals surface area contributed by atoms with Crippen LogP contribution >= 0.6 is 25.0 Å². The summed E-state index contributed by atoms with van der Waals surface area (Å²) >= 11 is 3.81. The van der Waals surface area contributed by atoms with Crippen LogP contribution in [0.4, 0.5) is 0 Å². The first kappa shape index (κ1) is 15.7. The molecule has 7 nitrogen and oxygen atoms in total. The van der Waals surface area contributed by atoms with Crippen LogP contribution in [0.5, 0.6) is 0 Å². The monoisotopic (exact) mass is 245 g/mol. The van der Waals surface area contributed by atoms with Crippen molar-refractivity contribution in [3.8, 4) is 0 Å². The van der Waals surface area contributed by atoms with Gasteiger partial charge < -0.3 is 15.9 Å². The van der Waals surface area contributed by atoms with Crippen molar-refractivity contribution in [2.24, 2.45) is 5.73 Å². The van der Waals surface area contributed by atoms with E-state index in [1.165, 1.54) is 0 Å². The number of nitrogens with two attached hydrogens (primary N) is 1. The van der Waals surface area contributed by atoms with Gasteiger partial charge in [-0.15, -0.1) is 22.5 Å². The standard InChI is InChI=1S/C5H11N3O4S.ClH/c6-4(3-13)5(9)7-1-2-12-8(10)11;/h4,13H,1-3,6H2,(H,7,9);1H/t4-;/m0./s1. The molecule has 0 fully saturated rings. The zero-order valence-corrected chi connectivity index (χ0v) is 8.92. The molecule has 0 aromatic rings. The fourth-order valence-corrected chi connectivity index (χ4v) is 0.674. The van der Waals surface area contributed by atoms with E-state index in [2.05, 4.69) is 22.8 Å². The smallest absolute Gasteiger partial charge is 0.294 e. The van der Waals surface area contributed by atoms with Crippen LogP contribution in [0.15, 0.2) is 0 Å². The molecule has 9 heteroatoms. The van der Waals surface area contributed by atoms with Gasteiger partial charge in [-0.25, -0.2) is 0 Å². The molecule has 0 heterocycles. The molecule has 3 N–H and O–H groups in total. The first-order valence-corrected chi connectivity index (χ1v) is 4.12. The number of nitrogens with zero attached hydrogens (tertiary/aromatic N) is 1. The molecule has 0 aromatic heterocycles. The van der Waals surface area contributed by atoms with Crippen molar-refractivity contribution < 1.29 is 14.7 Å². The quantitative estimate of drug-likeness (QED) is 0.241. The summed E-state index contributed by atoms with van der Waals surface area (Å²) in [6.07, 6.45) is 0. The Morgan fingerprint density at radius 3 is 2.71 bits per heavy atom. The molecule has 0 spiro atoms. The number of rotatable bonds is 6. The molecular formula is C5H12ClN3O4S. The van der Waals surface area contributed by atoms with Crippen LogP contribution in [0.3, 0.4) is 0 Å². The van der Waals surface area contributed by atoms with Gasteiger partial charge in [0.15, 0.2) is 0 Å². The zero-order chi connectivity index (χ0) is 10.3. The Balaban J connectivity index is 0. The van der Waals surface area contributed by atoms with Gasteiger partial charge in [0.2, 0.25) is 5.91 Å². The maximum absolute atomic E-state index is 10.9. The zero-order valence-electron chi connectivity index (χ0n) is 7.21. The van der Waals surface area contributed by atoms with Gasteiger partial charge in [-0.3, -0.25) is 4.79 Å². The number of nitrogens with one attached hydrogen (secondary N) is 1. The second kappa shape index (κ2) is 8.85.